The summed E-state index contributed by atoms with van der Waals surface area (Å²) in [4.78, 5) is 16.5. The molecule has 3 nitrogen and oxygen atoms in total. The SMILES string of the molecule is O=c1c2ccc(F)cc2ncn1Cc1c(Cl)cccc1Cl. The van der Waals surface area contributed by atoms with Gasteiger partial charge in [-0.2, -0.15) is 0 Å². The topological polar surface area (TPSA) is 34.9 Å². The van der Waals surface area contributed by atoms with Crippen molar-refractivity contribution in [3.63, 3.8) is 0 Å². The number of fused-ring (bicyclic) bond motifs is 1. The molecule has 6 heteroatoms. The van der Waals surface area contributed by atoms with Crippen LogP contribution in [0.15, 0.2) is 47.5 Å². The van der Waals surface area contributed by atoms with Crippen LogP contribution in [0.1, 0.15) is 5.56 Å². The van der Waals surface area contributed by atoms with Crippen molar-refractivity contribution in [3.8, 4) is 0 Å². The first-order valence-electron chi connectivity index (χ1n) is 6.14. The van der Waals surface area contributed by atoms with Gasteiger partial charge in [0.2, 0.25) is 0 Å². The van der Waals surface area contributed by atoms with Crippen molar-refractivity contribution in [1.82, 2.24) is 9.55 Å². The molecule has 21 heavy (non-hydrogen) atoms. The Morgan fingerprint density at radius 2 is 1.86 bits per heavy atom. The van der Waals surface area contributed by atoms with E-state index in [4.69, 9.17) is 23.2 Å². The Balaban J connectivity index is 2.12. The maximum Gasteiger partial charge on any atom is 0.261 e. The average Bonchev–Trinajstić information content (AvgIpc) is 2.45. The molecule has 1 aromatic heterocycles. The monoisotopic (exact) mass is 322 g/mol. The van der Waals surface area contributed by atoms with Crippen molar-refractivity contribution in [2.24, 2.45) is 0 Å². The van der Waals surface area contributed by atoms with Crippen LogP contribution in [0.5, 0.6) is 0 Å². The van der Waals surface area contributed by atoms with E-state index in [2.05, 4.69) is 4.98 Å². The largest absolute Gasteiger partial charge is 0.294 e. The van der Waals surface area contributed by atoms with Crippen molar-refractivity contribution >= 4 is 34.1 Å². The molecule has 0 unspecified atom stereocenters. The van der Waals surface area contributed by atoms with Crippen LogP contribution < -0.4 is 5.56 Å². The molecule has 3 aromatic rings. The Morgan fingerprint density at radius 3 is 2.57 bits per heavy atom. The van der Waals surface area contributed by atoms with Gasteiger partial charge in [0.25, 0.3) is 5.56 Å². The van der Waals surface area contributed by atoms with Gasteiger partial charge in [0.15, 0.2) is 0 Å². The molecule has 0 atom stereocenters. The zero-order valence-corrected chi connectivity index (χ0v) is 12.2. The van der Waals surface area contributed by atoms with Crippen molar-refractivity contribution in [1.29, 1.82) is 0 Å². The van der Waals surface area contributed by atoms with E-state index in [1.54, 1.807) is 18.2 Å². The summed E-state index contributed by atoms with van der Waals surface area (Å²) in [6.45, 7) is 0.206. The van der Waals surface area contributed by atoms with Crippen LogP contribution >= 0.6 is 23.2 Å². The third-order valence-corrected chi connectivity index (χ3v) is 3.89. The van der Waals surface area contributed by atoms with E-state index in [9.17, 15) is 9.18 Å². The van der Waals surface area contributed by atoms with Gasteiger partial charge in [-0.15, -0.1) is 0 Å². The van der Waals surface area contributed by atoms with E-state index >= 15 is 0 Å². The number of nitrogens with zero attached hydrogens (tertiary/aromatic N) is 2. The highest BCUT2D eigenvalue weighted by Gasteiger charge is 2.10. The van der Waals surface area contributed by atoms with Gasteiger partial charge in [0.1, 0.15) is 5.82 Å². The van der Waals surface area contributed by atoms with Crippen LogP contribution in [0.2, 0.25) is 10.0 Å². The minimum absolute atomic E-state index is 0.206. The van der Waals surface area contributed by atoms with Crippen molar-refractivity contribution in [3.05, 3.63) is 74.5 Å². The second-order valence-corrected chi connectivity index (χ2v) is 5.35. The van der Waals surface area contributed by atoms with Crippen LogP contribution in [0, 0.1) is 5.82 Å². The minimum Gasteiger partial charge on any atom is -0.294 e. The Labute approximate surface area is 129 Å². The lowest BCUT2D eigenvalue weighted by Crippen LogP contribution is -2.21. The van der Waals surface area contributed by atoms with E-state index in [0.717, 1.165) is 0 Å². The third kappa shape index (κ3) is 2.64. The molecule has 0 fully saturated rings. The second kappa shape index (κ2) is 5.47. The molecule has 0 aliphatic carbocycles. The van der Waals surface area contributed by atoms with Gasteiger partial charge in [0.05, 0.1) is 23.8 Å². The molecule has 0 amide bonds. The smallest absolute Gasteiger partial charge is 0.261 e. The predicted molar refractivity (Wildman–Crippen MR) is 81.5 cm³/mol. The van der Waals surface area contributed by atoms with E-state index in [1.807, 2.05) is 0 Å². The predicted octanol–water partition coefficient (Wildman–Crippen LogP) is 3.89. The molecule has 106 valence electrons. The molecule has 0 aliphatic rings. The first-order valence-corrected chi connectivity index (χ1v) is 6.89. The third-order valence-electron chi connectivity index (χ3n) is 3.18. The number of rotatable bonds is 2. The van der Waals surface area contributed by atoms with E-state index < -0.39 is 5.82 Å². The maximum absolute atomic E-state index is 13.1. The van der Waals surface area contributed by atoms with Gasteiger partial charge in [-0.25, -0.2) is 9.37 Å². The van der Waals surface area contributed by atoms with E-state index in [1.165, 1.54) is 29.1 Å². The summed E-state index contributed by atoms with van der Waals surface area (Å²) in [6, 6.07) is 9.03. The number of aromatic nitrogens is 2. The van der Waals surface area contributed by atoms with Crippen LogP contribution in [-0.2, 0) is 6.54 Å². The Morgan fingerprint density at radius 1 is 1.14 bits per heavy atom. The Kier molecular flexibility index (Phi) is 3.66. The van der Waals surface area contributed by atoms with Crippen molar-refractivity contribution < 1.29 is 4.39 Å². The number of hydrogen-bond acceptors (Lipinski definition) is 2. The summed E-state index contributed by atoms with van der Waals surface area (Å²) in [7, 11) is 0. The summed E-state index contributed by atoms with van der Waals surface area (Å²) in [5.74, 6) is -0.429. The van der Waals surface area contributed by atoms with Gasteiger partial charge in [-0.1, -0.05) is 29.3 Å². The lowest BCUT2D eigenvalue weighted by atomic mass is 10.2. The fraction of sp³-hybridized carbons (Fsp3) is 0.0667. The first kappa shape index (κ1) is 14.0. The van der Waals surface area contributed by atoms with Crippen LogP contribution in [0.25, 0.3) is 10.9 Å². The molecular weight excluding hydrogens is 314 g/mol. The lowest BCUT2D eigenvalue weighted by Gasteiger charge is -2.10. The Hall–Kier alpha value is -1.91. The van der Waals surface area contributed by atoms with Gasteiger partial charge in [-0.05, 0) is 24.3 Å². The van der Waals surface area contributed by atoms with Crippen molar-refractivity contribution in [2.75, 3.05) is 0 Å². The quantitative estimate of drug-likeness (QED) is 0.717. The van der Waals surface area contributed by atoms with Gasteiger partial charge in [0, 0.05) is 21.7 Å². The molecule has 0 bridgehead atoms. The molecule has 0 spiro atoms. The first-order chi connectivity index (χ1) is 10.1. The molecular formula is C15H9Cl2FN2O. The van der Waals surface area contributed by atoms with Crippen molar-refractivity contribution in [2.45, 2.75) is 6.54 Å². The zero-order chi connectivity index (χ0) is 15.0. The molecule has 0 radical (unpaired) electrons. The summed E-state index contributed by atoms with van der Waals surface area (Å²) in [6.07, 6.45) is 1.36. The van der Waals surface area contributed by atoms with Crippen LogP contribution in [0.3, 0.4) is 0 Å². The molecule has 1 heterocycles. The highest BCUT2D eigenvalue weighted by atomic mass is 35.5. The zero-order valence-electron chi connectivity index (χ0n) is 10.7. The lowest BCUT2D eigenvalue weighted by molar-refractivity contribution is 0.629. The molecule has 0 N–H and O–H groups in total. The van der Waals surface area contributed by atoms with Gasteiger partial charge < -0.3 is 0 Å². The van der Waals surface area contributed by atoms with E-state index in [0.29, 0.717) is 26.5 Å². The Bertz CT molecular complexity index is 872. The fourth-order valence-corrected chi connectivity index (χ4v) is 2.61. The highest BCUT2D eigenvalue weighted by Crippen LogP contribution is 2.24. The molecule has 2 aromatic carbocycles. The molecule has 3 rings (SSSR count). The highest BCUT2D eigenvalue weighted by molar-refractivity contribution is 6.35. The second-order valence-electron chi connectivity index (χ2n) is 4.54. The van der Waals surface area contributed by atoms with E-state index in [-0.39, 0.29) is 12.1 Å². The summed E-state index contributed by atoms with van der Waals surface area (Å²) in [5.41, 5.74) is 0.698. The average molecular weight is 323 g/mol. The van der Waals surface area contributed by atoms with Gasteiger partial charge >= 0.3 is 0 Å². The standard InChI is InChI=1S/C15H9Cl2FN2O/c16-12-2-1-3-13(17)11(12)7-20-8-19-14-6-9(18)4-5-10(14)15(20)21/h1-6,8H,7H2. The fourth-order valence-electron chi connectivity index (χ4n) is 2.10. The molecule has 0 saturated carbocycles. The summed E-state index contributed by atoms with van der Waals surface area (Å²) >= 11 is 12.2. The molecule has 0 saturated heterocycles. The number of hydrogen-bond donors (Lipinski definition) is 0. The van der Waals surface area contributed by atoms with Gasteiger partial charge in [-0.3, -0.25) is 9.36 Å². The number of halogens is 3. The maximum atomic E-state index is 13.1. The molecule has 0 aliphatic heterocycles. The summed E-state index contributed by atoms with van der Waals surface area (Å²) < 4.78 is 14.5. The number of benzene rings is 2. The van der Waals surface area contributed by atoms with Crippen LogP contribution in [-0.4, -0.2) is 9.55 Å². The van der Waals surface area contributed by atoms with Crippen LogP contribution in [0.4, 0.5) is 4.39 Å². The summed E-state index contributed by atoms with van der Waals surface area (Å²) in [5, 5.41) is 1.31. The minimum atomic E-state index is -0.429. The normalized spacial score (nSPS) is 11.0.